The van der Waals surface area contributed by atoms with Crippen LogP contribution >= 0.6 is 0 Å². The zero-order valence-corrected chi connectivity index (χ0v) is 8.58. The lowest BCUT2D eigenvalue weighted by Crippen LogP contribution is -1.99. The number of rotatable bonds is 3. The molecule has 0 saturated heterocycles. The number of carbonyl (C=O) groups excluding carboxylic acids is 1. The maximum Gasteiger partial charge on any atom is 0.371 e. The van der Waals surface area contributed by atoms with Crippen molar-refractivity contribution in [2.24, 2.45) is 0 Å². The third-order valence-electron chi connectivity index (χ3n) is 2.15. The van der Waals surface area contributed by atoms with E-state index in [-0.39, 0.29) is 22.8 Å². The predicted molar refractivity (Wildman–Crippen MR) is 57.2 cm³/mol. The van der Waals surface area contributed by atoms with Crippen LogP contribution < -0.4 is 0 Å². The monoisotopic (exact) mass is 232 g/mol. The number of carbonyl (C=O) groups is 2. The summed E-state index contributed by atoms with van der Waals surface area (Å²) in [5, 5.41) is 17.9. The van der Waals surface area contributed by atoms with E-state index in [1.807, 2.05) is 0 Å². The second-order valence-corrected chi connectivity index (χ2v) is 3.35. The third-order valence-corrected chi connectivity index (χ3v) is 2.15. The molecule has 1 aromatic carbocycles. The Morgan fingerprint density at radius 2 is 1.76 bits per heavy atom. The standard InChI is InChI=1S/C12H8O5/c13-8-3-1-2-7(6-8)11(14)9-4-5-10(17-9)12(15)16/h1-6,13H,(H,15,16). The van der Waals surface area contributed by atoms with E-state index in [0.717, 1.165) is 0 Å². The Labute approximate surface area is 95.9 Å². The minimum atomic E-state index is -1.24. The first-order valence-corrected chi connectivity index (χ1v) is 4.75. The lowest BCUT2D eigenvalue weighted by molar-refractivity contribution is 0.0660. The van der Waals surface area contributed by atoms with Crippen molar-refractivity contribution in [3.8, 4) is 5.75 Å². The number of phenols is 1. The molecule has 86 valence electrons. The molecule has 2 N–H and O–H groups in total. The van der Waals surface area contributed by atoms with E-state index in [0.29, 0.717) is 0 Å². The summed E-state index contributed by atoms with van der Waals surface area (Å²) in [5.41, 5.74) is 0.233. The van der Waals surface area contributed by atoms with Gasteiger partial charge in [0.15, 0.2) is 5.76 Å². The Kier molecular flexibility index (Phi) is 2.66. The van der Waals surface area contributed by atoms with E-state index >= 15 is 0 Å². The number of carboxylic acids is 1. The smallest absolute Gasteiger partial charge is 0.371 e. The molecule has 5 nitrogen and oxygen atoms in total. The predicted octanol–water partition coefficient (Wildman–Crippen LogP) is 1.91. The van der Waals surface area contributed by atoms with Crippen LogP contribution in [0.25, 0.3) is 0 Å². The van der Waals surface area contributed by atoms with E-state index in [1.165, 1.54) is 36.4 Å². The zero-order chi connectivity index (χ0) is 12.4. The molecule has 0 radical (unpaired) electrons. The summed E-state index contributed by atoms with van der Waals surface area (Å²) in [6.45, 7) is 0. The van der Waals surface area contributed by atoms with Crippen molar-refractivity contribution in [3.63, 3.8) is 0 Å². The van der Waals surface area contributed by atoms with E-state index in [4.69, 9.17) is 9.52 Å². The second-order valence-electron chi connectivity index (χ2n) is 3.35. The minimum absolute atomic E-state index is 0.0409. The summed E-state index contributed by atoms with van der Waals surface area (Å²) < 4.78 is 4.87. The molecular weight excluding hydrogens is 224 g/mol. The summed E-state index contributed by atoms with van der Waals surface area (Å²) in [6.07, 6.45) is 0. The molecule has 1 aromatic heterocycles. The third kappa shape index (κ3) is 2.17. The lowest BCUT2D eigenvalue weighted by Gasteiger charge is -1.98. The highest BCUT2D eigenvalue weighted by Crippen LogP contribution is 2.17. The van der Waals surface area contributed by atoms with E-state index in [1.54, 1.807) is 0 Å². The number of furan rings is 1. The number of carboxylic acid groups (broad SMARTS) is 1. The normalized spacial score (nSPS) is 10.1. The summed E-state index contributed by atoms with van der Waals surface area (Å²) >= 11 is 0. The lowest BCUT2D eigenvalue weighted by atomic mass is 10.1. The highest BCUT2D eigenvalue weighted by molar-refractivity contribution is 6.07. The van der Waals surface area contributed by atoms with Crippen LogP contribution in [0, 0.1) is 0 Å². The Balaban J connectivity index is 2.34. The van der Waals surface area contributed by atoms with Crippen molar-refractivity contribution in [2.45, 2.75) is 0 Å². The number of phenolic OH excluding ortho intramolecular Hbond substituents is 1. The Morgan fingerprint density at radius 1 is 1.06 bits per heavy atom. The van der Waals surface area contributed by atoms with Gasteiger partial charge in [-0.2, -0.15) is 0 Å². The van der Waals surface area contributed by atoms with Gasteiger partial charge in [0.25, 0.3) is 0 Å². The molecule has 0 aliphatic heterocycles. The van der Waals surface area contributed by atoms with Gasteiger partial charge in [-0.25, -0.2) is 4.79 Å². The van der Waals surface area contributed by atoms with Crippen LogP contribution in [0.4, 0.5) is 0 Å². The maximum atomic E-state index is 11.8. The molecule has 5 heteroatoms. The molecule has 0 atom stereocenters. The van der Waals surface area contributed by atoms with Crippen molar-refractivity contribution >= 4 is 11.8 Å². The molecule has 0 spiro atoms. The molecule has 0 amide bonds. The fraction of sp³-hybridized carbons (Fsp3) is 0. The highest BCUT2D eigenvalue weighted by atomic mass is 16.4. The minimum Gasteiger partial charge on any atom is -0.508 e. The van der Waals surface area contributed by atoms with Crippen molar-refractivity contribution in [3.05, 3.63) is 53.5 Å². The topological polar surface area (TPSA) is 87.7 Å². The average molecular weight is 232 g/mol. The van der Waals surface area contributed by atoms with Gasteiger partial charge in [0.1, 0.15) is 5.75 Å². The molecule has 17 heavy (non-hydrogen) atoms. The van der Waals surface area contributed by atoms with Crippen LogP contribution in [-0.2, 0) is 0 Å². The molecule has 0 unspecified atom stereocenters. The number of hydrogen-bond donors (Lipinski definition) is 2. The van der Waals surface area contributed by atoms with Crippen LogP contribution in [0.15, 0.2) is 40.8 Å². The molecule has 0 saturated carbocycles. The first-order chi connectivity index (χ1) is 8.08. The van der Waals surface area contributed by atoms with E-state index < -0.39 is 11.8 Å². The molecule has 0 aliphatic carbocycles. The van der Waals surface area contributed by atoms with E-state index in [9.17, 15) is 14.7 Å². The van der Waals surface area contributed by atoms with Crippen LogP contribution in [0.3, 0.4) is 0 Å². The molecule has 1 heterocycles. The molecule has 2 rings (SSSR count). The first-order valence-electron chi connectivity index (χ1n) is 4.75. The number of aromatic hydroxyl groups is 1. The quantitative estimate of drug-likeness (QED) is 0.789. The number of benzene rings is 1. The number of hydrogen-bond acceptors (Lipinski definition) is 4. The SMILES string of the molecule is O=C(O)c1ccc(C(=O)c2cccc(O)c2)o1. The fourth-order valence-corrected chi connectivity index (χ4v) is 1.36. The summed E-state index contributed by atoms with van der Waals surface area (Å²) in [6, 6.07) is 8.23. The Morgan fingerprint density at radius 3 is 2.35 bits per heavy atom. The van der Waals surface area contributed by atoms with Crippen LogP contribution in [0.2, 0.25) is 0 Å². The Hall–Kier alpha value is -2.56. The fourth-order valence-electron chi connectivity index (χ4n) is 1.36. The maximum absolute atomic E-state index is 11.8. The highest BCUT2D eigenvalue weighted by Gasteiger charge is 2.16. The van der Waals surface area contributed by atoms with Gasteiger partial charge in [-0.05, 0) is 24.3 Å². The van der Waals surface area contributed by atoms with Crippen LogP contribution in [0.5, 0.6) is 5.75 Å². The van der Waals surface area contributed by atoms with Crippen LogP contribution in [-0.4, -0.2) is 22.0 Å². The molecule has 0 bridgehead atoms. The van der Waals surface area contributed by atoms with E-state index in [2.05, 4.69) is 0 Å². The van der Waals surface area contributed by atoms with Crippen LogP contribution in [0.1, 0.15) is 26.7 Å². The van der Waals surface area contributed by atoms with Gasteiger partial charge in [0.2, 0.25) is 11.5 Å². The summed E-state index contributed by atoms with van der Waals surface area (Å²) in [7, 11) is 0. The number of ketones is 1. The van der Waals surface area contributed by atoms with Gasteiger partial charge in [-0.3, -0.25) is 4.79 Å². The Bertz CT molecular complexity index is 582. The van der Waals surface area contributed by atoms with Gasteiger partial charge in [0, 0.05) is 5.56 Å². The van der Waals surface area contributed by atoms with Crippen molar-refractivity contribution in [2.75, 3.05) is 0 Å². The summed E-state index contributed by atoms with van der Waals surface area (Å²) in [4.78, 5) is 22.4. The molecule has 0 fully saturated rings. The van der Waals surface area contributed by atoms with Crippen molar-refractivity contribution in [1.29, 1.82) is 0 Å². The van der Waals surface area contributed by atoms with Gasteiger partial charge in [-0.1, -0.05) is 12.1 Å². The molecular formula is C12H8O5. The van der Waals surface area contributed by atoms with Gasteiger partial charge >= 0.3 is 5.97 Å². The first kappa shape index (κ1) is 10.9. The average Bonchev–Trinajstić information content (AvgIpc) is 2.77. The zero-order valence-electron chi connectivity index (χ0n) is 8.58. The molecule has 2 aromatic rings. The van der Waals surface area contributed by atoms with Gasteiger partial charge < -0.3 is 14.6 Å². The van der Waals surface area contributed by atoms with Crippen molar-refractivity contribution in [1.82, 2.24) is 0 Å². The van der Waals surface area contributed by atoms with Crippen molar-refractivity contribution < 1.29 is 24.2 Å². The molecule has 0 aliphatic rings. The largest absolute Gasteiger partial charge is 0.508 e. The second kappa shape index (κ2) is 4.13. The van der Waals surface area contributed by atoms with Gasteiger partial charge in [-0.15, -0.1) is 0 Å². The van der Waals surface area contributed by atoms with Gasteiger partial charge in [0.05, 0.1) is 0 Å². The number of aromatic carboxylic acids is 1. The summed E-state index contributed by atoms with van der Waals surface area (Å²) in [5.74, 6) is -2.13.